The standard InChI is InChI=1S/C13H14N2O5/c1-20-13(19)9-6-8(12(17)18)7-10(14-9)15-5-3-2-4-11(15)16/h6-7H,2-5H2,1H3,(H,17,18). The van der Waals surface area contributed by atoms with Gasteiger partial charge in [-0.05, 0) is 25.0 Å². The minimum absolute atomic E-state index is 0.103. The number of carboxylic acids is 1. The van der Waals surface area contributed by atoms with Gasteiger partial charge in [-0.25, -0.2) is 14.6 Å². The van der Waals surface area contributed by atoms with E-state index in [0.717, 1.165) is 18.9 Å². The van der Waals surface area contributed by atoms with E-state index in [2.05, 4.69) is 9.72 Å². The van der Waals surface area contributed by atoms with E-state index < -0.39 is 11.9 Å². The molecule has 106 valence electrons. The summed E-state index contributed by atoms with van der Waals surface area (Å²) < 4.78 is 4.54. The van der Waals surface area contributed by atoms with Crippen molar-refractivity contribution in [2.24, 2.45) is 0 Å². The number of rotatable bonds is 3. The highest BCUT2D eigenvalue weighted by atomic mass is 16.5. The van der Waals surface area contributed by atoms with Crippen molar-refractivity contribution in [3.05, 3.63) is 23.4 Å². The first kappa shape index (κ1) is 14.0. The van der Waals surface area contributed by atoms with Gasteiger partial charge in [-0.2, -0.15) is 0 Å². The zero-order chi connectivity index (χ0) is 14.7. The number of esters is 1. The van der Waals surface area contributed by atoms with Gasteiger partial charge in [-0.1, -0.05) is 0 Å². The van der Waals surface area contributed by atoms with E-state index in [9.17, 15) is 14.4 Å². The minimum atomic E-state index is -1.19. The van der Waals surface area contributed by atoms with Gasteiger partial charge in [0.25, 0.3) is 0 Å². The van der Waals surface area contributed by atoms with Crippen molar-refractivity contribution >= 4 is 23.7 Å². The molecule has 0 unspecified atom stereocenters. The Bertz CT molecular complexity index is 570. The van der Waals surface area contributed by atoms with Crippen molar-refractivity contribution in [3.63, 3.8) is 0 Å². The fourth-order valence-corrected chi connectivity index (χ4v) is 2.04. The summed E-state index contributed by atoms with van der Waals surface area (Å²) in [6.45, 7) is 0.468. The summed E-state index contributed by atoms with van der Waals surface area (Å²) in [5.74, 6) is -1.88. The van der Waals surface area contributed by atoms with Crippen LogP contribution in [0.1, 0.15) is 40.1 Å². The van der Waals surface area contributed by atoms with Gasteiger partial charge in [0.2, 0.25) is 5.91 Å². The van der Waals surface area contributed by atoms with Crippen molar-refractivity contribution in [1.29, 1.82) is 0 Å². The molecule has 20 heavy (non-hydrogen) atoms. The average molecular weight is 278 g/mol. The highest BCUT2D eigenvalue weighted by Gasteiger charge is 2.23. The van der Waals surface area contributed by atoms with Gasteiger partial charge in [-0.3, -0.25) is 9.69 Å². The lowest BCUT2D eigenvalue weighted by molar-refractivity contribution is -0.119. The second-order valence-electron chi connectivity index (χ2n) is 4.40. The van der Waals surface area contributed by atoms with Gasteiger partial charge in [0.15, 0.2) is 5.69 Å². The van der Waals surface area contributed by atoms with Crippen LogP contribution in [0.25, 0.3) is 0 Å². The van der Waals surface area contributed by atoms with Crippen LogP contribution in [0.4, 0.5) is 5.82 Å². The zero-order valence-electron chi connectivity index (χ0n) is 11.0. The first-order valence-corrected chi connectivity index (χ1v) is 6.17. The van der Waals surface area contributed by atoms with Crippen LogP contribution in [-0.4, -0.2) is 41.6 Å². The number of hydrogen-bond donors (Lipinski definition) is 1. The summed E-state index contributed by atoms with van der Waals surface area (Å²) in [7, 11) is 1.18. The maximum absolute atomic E-state index is 11.8. The van der Waals surface area contributed by atoms with Gasteiger partial charge < -0.3 is 9.84 Å². The molecule has 7 nitrogen and oxygen atoms in total. The number of aromatic nitrogens is 1. The van der Waals surface area contributed by atoms with Gasteiger partial charge >= 0.3 is 11.9 Å². The van der Waals surface area contributed by atoms with E-state index in [1.807, 2.05) is 0 Å². The summed E-state index contributed by atoms with van der Waals surface area (Å²) in [5.41, 5.74) is -0.227. The first-order valence-electron chi connectivity index (χ1n) is 6.17. The highest BCUT2D eigenvalue weighted by Crippen LogP contribution is 2.21. The van der Waals surface area contributed by atoms with E-state index in [4.69, 9.17) is 5.11 Å². The summed E-state index contributed by atoms with van der Waals surface area (Å²) in [6.07, 6.45) is 2.02. The Morgan fingerprint density at radius 3 is 2.70 bits per heavy atom. The number of ether oxygens (including phenoxy) is 1. The lowest BCUT2D eigenvalue weighted by Gasteiger charge is -2.26. The second kappa shape index (κ2) is 5.68. The molecule has 1 amide bonds. The second-order valence-corrected chi connectivity index (χ2v) is 4.40. The third-order valence-corrected chi connectivity index (χ3v) is 3.05. The van der Waals surface area contributed by atoms with Crippen LogP contribution in [0.5, 0.6) is 0 Å². The molecule has 1 N–H and O–H groups in total. The predicted octanol–water partition coefficient (Wildman–Crippen LogP) is 1.08. The monoisotopic (exact) mass is 278 g/mol. The molecule has 1 aromatic rings. The zero-order valence-corrected chi connectivity index (χ0v) is 11.0. The third-order valence-electron chi connectivity index (χ3n) is 3.05. The Balaban J connectivity index is 2.45. The normalized spacial score (nSPS) is 15.1. The number of piperidine rings is 1. The number of anilines is 1. The molecule has 0 spiro atoms. The largest absolute Gasteiger partial charge is 0.478 e. The Labute approximate surface area is 115 Å². The van der Waals surface area contributed by atoms with E-state index in [1.165, 1.54) is 18.1 Å². The van der Waals surface area contributed by atoms with Crippen molar-refractivity contribution in [2.45, 2.75) is 19.3 Å². The lowest BCUT2D eigenvalue weighted by Crippen LogP contribution is -2.36. The molecule has 0 saturated carbocycles. The first-order chi connectivity index (χ1) is 9.52. The lowest BCUT2D eigenvalue weighted by atomic mass is 10.1. The van der Waals surface area contributed by atoms with Crippen LogP contribution in [0.15, 0.2) is 12.1 Å². The molecule has 0 aromatic carbocycles. The molecule has 2 heterocycles. The minimum Gasteiger partial charge on any atom is -0.478 e. The number of methoxy groups -OCH3 is 1. The summed E-state index contributed by atoms with van der Waals surface area (Å²) >= 11 is 0. The topological polar surface area (TPSA) is 96.8 Å². The van der Waals surface area contributed by atoms with E-state index in [1.54, 1.807) is 0 Å². The molecule has 0 aliphatic carbocycles. The summed E-state index contributed by atoms with van der Waals surface area (Å²) in [4.78, 5) is 39.9. The van der Waals surface area contributed by atoms with Crippen LogP contribution in [0, 0.1) is 0 Å². The van der Waals surface area contributed by atoms with E-state index in [0.29, 0.717) is 13.0 Å². The quantitative estimate of drug-likeness (QED) is 0.831. The molecule has 0 atom stereocenters. The van der Waals surface area contributed by atoms with Gasteiger partial charge in [0, 0.05) is 13.0 Å². The Hall–Kier alpha value is -2.44. The maximum atomic E-state index is 11.8. The van der Waals surface area contributed by atoms with Crippen molar-refractivity contribution in [3.8, 4) is 0 Å². The highest BCUT2D eigenvalue weighted by molar-refractivity contribution is 5.97. The molecule has 1 aliphatic rings. The van der Waals surface area contributed by atoms with E-state index >= 15 is 0 Å². The maximum Gasteiger partial charge on any atom is 0.356 e. The number of carboxylic acid groups (broad SMARTS) is 1. The number of hydrogen-bond acceptors (Lipinski definition) is 5. The molecule has 1 aromatic heterocycles. The number of carbonyl (C=O) groups excluding carboxylic acids is 2. The average Bonchev–Trinajstić information content (AvgIpc) is 2.46. The smallest absolute Gasteiger partial charge is 0.356 e. The number of aromatic carboxylic acids is 1. The van der Waals surface area contributed by atoms with Crippen LogP contribution in [0.3, 0.4) is 0 Å². The predicted molar refractivity (Wildman–Crippen MR) is 68.7 cm³/mol. The molecule has 2 rings (SSSR count). The SMILES string of the molecule is COC(=O)c1cc(C(=O)O)cc(N2CCCCC2=O)n1. The van der Waals surface area contributed by atoms with Crippen LogP contribution in [0.2, 0.25) is 0 Å². The number of amides is 1. The fourth-order valence-electron chi connectivity index (χ4n) is 2.04. The Morgan fingerprint density at radius 2 is 2.10 bits per heavy atom. The molecular formula is C13H14N2O5. The van der Waals surface area contributed by atoms with Gasteiger partial charge in [0.1, 0.15) is 5.82 Å². The van der Waals surface area contributed by atoms with Gasteiger partial charge in [0.05, 0.1) is 12.7 Å². The van der Waals surface area contributed by atoms with Crippen LogP contribution in [-0.2, 0) is 9.53 Å². The van der Waals surface area contributed by atoms with Crippen molar-refractivity contribution in [1.82, 2.24) is 4.98 Å². The Morgan fingerprint density at radius 1 is 1.35 bits per heavy atom. The molecule has 0 radical (unpaired) electrons. The molecule has 0 bridgehead atoms. The van der Waals surface area contributed by atoms with Crippen molar-refractivity contribution < 1.29 is 24.2 Å². The number of nitrogens with zero attached hydrogens (tertiary/aromatic N) is 2. The molecule has 1 fully saturated rings. The van der Waals surface area contributed by atoms with Crippen LogP contribution >= 0.6 is 0 Å². The molecule has 7 heteroatoms. The van der Waals surface area contributed by atoms with Gasteiger partial charge in [-0.15, -0.1) is 0 Å². The number of pyridine rings is 1. The molecular weight excluding hydrogens is 264 g/mol. The van der Waals surface area contributed by atoms with E-state index in [-0.39, 0.29) is 23.0 Å². The van der Waals surface area contributed by atoms with Crippen LogP contribution < -0.4 is 4.90 Å². The molecule has 1 saturated heterocycles. The third kappa shape index (κ3) is 2.76. The number of carbonyl (C=O) groups is 3. The molecule has 1 aliphatic heterocycles. The van der Waals surface area contributed by atoms with Crippen molar-refractivity contribution in [2.75, 3.05) is 18.6 Å². The fraction of sp³-hybridized carbons (Fsp3) is 0.385. The summed E-state index contributed by atoms with van der Waals surface area (Å²) in [5, 5.41) is 9.07. The summed E-state index contributed by atoms with van der Waals surface area (Å²) in [6, 6.07) is 2.42. The Kier molecular flexibility index (Phi) is 3.97.